The molecule has 1 aliphatic heterocycles. The Kier molecular flexibility index (Phi) is 3.96. The van der Waals surface area contributed by atoms with Crippen LogP contribution in [0.15, 0.2) is 18.2 Å². The first kappa shape index (κ1) is 14.2. The standard InChI is InChI=1S/C17H25ClN2/c1-11(2)17-9-19-15(13-5-6-13)10-20(17)16-8-12(3)4-7-14(16)18/h4,7-8,11,13,15,17,19H,5-6,9-10H2,1-3H3. The first-order valence-corrected chi connectivity index (χ1v) is 8.20. The molecule has 1 aliphatic carbocycles. The van der Waals surface area contributed by atoms with Crippen LogP contribution >= 0.6 is 11.6 Å². The Morgan fingerprint density at radius 2 is 2.05 bits per heavy atom. The lowest BCUT2D eigenvalue weighted by atomic mass is 9.96. The van der Waals surface area contributed by atoms with Crippen LogP contribution in [0.2, 0.25) is 5.02 Å². The van der Waals surface area contributed by atoms with Gasteiger partial charge in [-0.3, -0.25) is 0 Å². The lowest BCUT2D eigenvalue weighted by molar-refractivity contribution is 0.320. The zero-order chi connectivity index (χ0) is 14.3. The Morgan fingerprint density at radius 3 is 2.70 bits per heavy atom. The molecule has 2 aliphatic rings. The Labute approximate surface area is 127 Å². The van der Waals surface area contributed by atoms with Gasteiger partial charge in [0.25, 0.3) is 0 Å². The van der Waals surface area contributed by atoms with Gasteiger partial charge >= 0.3 is 0 Å². The molecule has 3 heteroatoms. The Hall–Kier alpha value is -0.730. The fourth-order valence-electron chi connectivity index (χ4n) is 3.32. The number of anilines is 1. The normalized spacial score (nSPS) is 27.1. The Balaban J connectivity index is 1.89. The van der Waals surface area contributed by atoms with Crippen LogP contribution in [-0.2, 0) is 0 Å². The molecule has 0 bridgehead atoms. The second-order valence-corrected chi connectivity index (χ2v) is 7.18. The molecule has 1 aromatic carbocycles. The average Bonchev–Trinajstić information content (AvgIpc) is 3.25. The minimum absolute atomic E-state index is 0.532. The second kappa shape index (κ2) is 5.57. The van der Waals surface area contributed by atoms with Crippen molar-refractivity contribution in [1.82, 2.24) is 5.32 Å². The first-order chi connectivity index (χ1) is 9.56. The van der Waals surface area contributed by atoms with Crippen LogP contribution < -0.4 is 10.2 Å². The van der Waals surface area contributed by atoms with Gasteiger partial charge in [-0.05, 0) is 49.3 Å². The number of nitrogens with zero attached hydrogens (tertiary/aromatic N) is 1. The number of rotatable bonds is 3. The number of benzene rings is 1. The topological polar surface area (TPSA) is 15.3 Å². The van der Waals surface area contributed by atoms with Crippen LogP contribution in [0.1, 0.15) is 32.3 Å². The van der Waals surface area contributed by atoms with Gasteiger partial charge in [-0.25, -0.2) is 0 Å². The predicted octanol–water partition coefficient (Wildman–Crippen LogP) is 3.86. The summed E-state index contributed by atoms with van der Waals surface area (Å²) in [6.07, 6.45) is 2.78. The fraction of sp³-hybridized carbons (Fsp3) is 0.647. The third-order valence-electron chi connectivity index (χ3n) is 4.75. The van der Waals surface area contributed by atoms with Gasteiger partial charge in [0.05, 0.1) is 10.7 Å². The molecule has 3 rings (SSSR count). The van der Waals surface area contributed by atoms with Crippen molar-refractivity contribution in [2.24, 2.45) is 11.8 Å². The number of hydrogen-bond donors (Lipinski definition) is 1. The highest BCUT2D eigenvalue weighted by atomic mass is 35.5. The van der Waals surface area contributed by atoms with E-state index in [1.54, 1.807) is 0 Å². The predicted molar refractivity (Wildman–Crippen MR) is 86.7 cm³/mol. The molecule has 1 aromatic rings. The second-order valence-electron chi connectivity index (χ2n) is 6.77. The molecular weight excluding hydrogens is 268 g/mol. The zero-order valence-corrected chi connectivity index (χ0v) is 13.5. The molecule has 2 unspecified atom stereocenters. The highest BCUT2D eigenvalue weighted by Crippen LogP contribution is 2.37. The largest absolute Gasteiger partial charge is 0.364 e. The van der Waals surface area contributed by atoms with E-state index in [0.717, 1.165) is 24.0 Å². The van der Waals surface area contributed by atoms with Gasteiger partial charge in [0, 0.05) is 25.2 Å². The van der Waals surface area contributed by atoms with Crippen LogP contribution in [0.5, 0.6) is 0 Å². The van der Waals surface area contributed by atoms with Gasteiger partial charge in [0.1, 0.15) is 0 Å². The zero-order valence-electron chi connectivity index (χ0n) is 12.7. The van der Waals surface area contributed by atoms with E-state index in [2.05, 4.69) is 43.1 Å². The molecular formula is C17H25ClN2. The highest BCUT2D eigenvalue weighted by Gasteiger charge is 2.38. The molecule has 1 saturated heterocycles. The van der Waals surface area contributed by atoms with Crippen molar-refractivity contribution in [3.8, 4) is 0 Å². The SMILES string of the molecule is Cc1ccc(Cl)c(N2CC(C3CC3)NCC2C(C)C)c1. The Bertz CT molecular complexity index is 482. The van der Waals surface area contributed by atoms with Crippen molar-refractivity contribution in [2.45, 2.75) is 45.7 Å². The van der Waals surface area contributed by atoms with Gasteiger partial charge in [-0.2, -0.15) is 0 Å². The van der Waals surface area contributed by atoms with Crippen LogP contribution in [0.3, 0.4) is 0 Å². The van der Waals surface area contributed by atoms with Crippen molar-refractivity contribution in [1.29, 1.82) is 0 Å². The van der Waals surface area contributed by atoms with E-state index in [4.69, 9.17) is 11.6 Å². The minimum atomic E-state index is 0.532. The van der Waals surface area contributed by atoms with E-state index in [0.29, 0.717) is 18.0 Å². The molecule has 1 N–H and O–H groups in total. The number of piperazine rings is 1. The summed E-state index contributed by atoms with van der Waals surface area (Å²) in [5, 5.41) is 4.65. The number of hydrogen-bond acceptors (Lipinski definition) is 2. The molecule has 2 atom stereocenters. The lowest BCUT2D eigenvalue weighted by Crippen LogP contribution is -2.59. The number of nitrogens with one attached hydrogen (secondary N) is 1. The molecule has 0 amide bonds. The number of aryl methyl sites for hydroxylation is 1. The van der Waals surface area contributed by atoms with Crippen molar-refractivity contribution in [2.75, 3.05) is 18.0 Å². The summed E-state index contributed by atoms with van der Waals surface area (Å²) >= 11 is 6.48. The van der Waals surface area contributed by atoms with Gasteiger partial charge in [-0.1, -0.05) is 31.5 Å². The smallest absolute Gasteiger partial charge is 0.0639 e. The maximum Gasteiger partial charge on any atom is 0.0639 e. The van der Waals surface area contributed by atoms with E-state index in [1.807, 2.05) is 6.07 Å². The third kappa shape index (κ3) is 2.82. The van der Waals surface area contributed by atoms with Crippen molar-refractivity contribution in [3.05, 3.63) is 28.8 Å². The average molecular weight is 293 g/mol. The molecule has 0 radical (unpaired) electrons. The van der Waals surface area contributed by atoms with Crippen LogP contribution in [-0.4, -0.2) is 25.2 Å². The molecule has 2 nitrogen and oxygen atoms in total. The fourth-order valence-corrected chi connectivity index (χ4v) is 3.55. The highest BCUT2D eigenvalue weighted by molar-refractivity contribution is 6.33. The molecule has 1 saturated carbocycles. The molecule has 0 aromatic heterocycles. The maximum atomic E-state index is 6.48. The monoisotopic (exact) mass is 292 g/mol. The van der Waals surface area contributed by atoms with E-state index in [-0.39, 0.29) is 0 Å². The van der Waals surface area contributed by atoms with E-state index >= 15 is 0 Å². The van der Waals surface area contributed by atoms with Crippen molar-refractivity contribution >= 4 is 17.3 Å². The molecule has 1 heterocycles. The van der Waals surface area contributed by atoms with Gasteiger partial charge < -0.3 is 10.2 Å². The summed E-state index contributed by atoms with van der Waals surface area (Å²) in [7, 11) is 0. The van der Waals surface area contributed by atoms with Gasteiger partial charge in [0.15, 0.2) is 0 Å². The molecule has 2 fully saturated rings. The van der Waals surface area contributed by atoms with Gasteiger partial charge in [-0.15, -0.1) is 0 Å². The van der Waals surface area contributed by atoms with Crippen molar-refractivity contribution < 1.29 is 0 Å². The quantitative estimate of drug-likeness (QED) is 0.910. The van der Waals surface area contributed by atoms with E-state index in [1.165, 1.54) is 24.1 Å². The first-order valence-electron chi connectivity index (χ1n) is 7.82. The minimum Gasteiger partial charge on any atom is -0.364 e. The number of halogens is 1. The third-order valence-corrected chi connectivity index (χ3v) is 5.07. The maximum absolute atomic E-state index is 6.48. The summed E-state index contributed by atoms with van der Waals surface area (Å²) < 4.78 is 0. The summed E-state index contributed by atoms with van der Waals surface area (Å²) in [5.74, 6) is 1.51. The summed E-state index contributed by atoms with van der Waals surface area (Å²) in [4.78, 5) is 2.56. The Morgan fingerprint density at radius 1 is 1.30 bits per heavy atom. The van der Waals surface area contributed by atoms with E-state index in [9.17, 15) is 0 Å². The van der Waals surface area contributed by atoms with Crippen LogP contribution in [0, 0.1) is 18.8 Å². The van der Waals surface area contributed by atoms with E-state index < -0.39 is 0 Å². The summed E-state index contributed by atoms with van der Waals surface area (Å²) in [6.45, 7) is 8.92. The van der Waals surface area contributed by atoms with Gasteiger partial charge in [0.2, 0.25) is 0 Å². The molecule has 20 heavy (non-hydrogen) atoms. The van der Waals surface area contributed by atoms with Crippen molar-refractivity contribution in [3.63, 3.8) is 0 Å². The molecule has 110 valence electrons. The van der Waals surface area contributed by atoms with Crippen LogP contribution in [0.4, 0.5) is 5.69 Å². The van der Waals surface area contributed by atoms with Crippen LogP contribution in [0.25, 0.3) is 0 Å². The summed E-state index contributed by atoms with van der Waals surface area (Å²) in [6, 6.07) is 7.55. The summed E-state index contributed by atoms with van der Waals surface area (Å²) in [5.41, 5.74) is 2.51. The lowest BCUT2D eigenvalue weighted by Gasteiger charge is -2.44. The molecule has 0 spiro atoms.